The molecule has 0 spiro atoms. The van der Waals surface area contributed by atoms with Gasteiger partial charge in [-0.15, -0.1) is 11.3 Å². The minimum atomic E-state index is -0.131. The fourth-order valence-corrected chi connectivity index (χ4v) is 3.48. The van der Waals surface area contributed by atoms with Gasteiger partial charge in [-0.1, -0.05) is 18.2 Å². The summed E-state index contributed by atoms with van der Waals surface area (Å²) in [5.41, 5.74) is 3.58. The van der Waals surface area contributed by atoms with Crippen molar-refractivity contribution in [2.45, 2.75) is 33.9 Å². The summed E-state index contributed by atoms with van der Waals surface area (Å²) in [4.78, 5) is 30.2. The van der Waals surface area contributed by atoms with E-state index < -0.39 is 0 Å². The number of benzene rings is 1. The van der Waals surface area contributed by atoms with Crippen molar-refractivity contribution in [3.63, 3.8) is 0 Å². The Labute approximate surface area is 144 Å². The first-order valence-electron chi connectivity index (χ1n) is 7.85. The van der Waals surface area contributed by atoms with Crippen molar-refractivity contribution in [3.05, 3.63) is 67.6 Å². The highest BCUT2D eigenvalue weighted by Gasteiger charge is 2.14. The molecule has 0 unspecified atom stereocenters. The Morgan fingerprint density at radius 3 is 2.67 bits per heavy atom. The van der Waals surface area contributed by atoms with E-state index in [9.17, 15) is 9.59 Å². The van der Waals surface area contributed by atoms with E-state index in [0.29, 0.717) is 18.7 Å². The molecule has 0 saturated carbocycles. The SMILES string of the molecule is CC(=O)N(Cc1cccs1)Cc1cc2ccc(C)c(C)c2[nH]c1=O. The van der Waals surface area contributed by atoms with Gasteiger partial charge >= 0.3 is 0 Å². The number of carbonyl (C=O) groups is 1. The Morgan fingerprint density at radius 1 is 1.21 bits per heavy atom. The Morgan fingerprint density at radius 2 is 2.00 bits per heavy atom. The van der Waals surface area contributed by atoms with E-state index in [1.165, 1.54) is 6.92 Å². The van der Waals surface area contributed by atoms with E-state index in [1.807, 2.05) is 49.6 Å². The highest BCUT2D eigenvalue weighted by molar-refractivity contribution is 7.09. The molecule has 0 radical (unpaired) electrons. The molecule has 0 aliphatic rings. The second-order valence-electron chi connectivity index (χ2n) is 6.05. The van der Waals surface area contributed by atoms with Crippen molar-refractivity contribution < 1.29 is 4.79 Å². The van der Waals surface area contributed by atoms with Gasteiger partial charge in [0.05, 0.1) is 18.6 Å². The number of amides is 1. The second kappa shape index (κ2) is 6.61. The van der Waals surface area contributed by atoms with Crippen LogP contribution in [0.25, 0.3) is 10.9 Å². The standard InChI is InChI=1S/C19H20N2O2S/c1-12-6-7-15-9-16(19(23)20-18(15)13(12)2)10-21(14(3)22)11-17-5-4-8-24-17/h4-9H,10-11H2,1-3H3,(H,20,23). The van der Waals surface area contributed by atoms with Gasteiger partial charge in [0.15, 0.2) is 0 Å². The lowest BCUT2D eigenvalue weighted by molar-refractivity contribution is -0.130. The summed E-state index contributed by atoms with van der Waals surface area (Å²) in [6, 6.07) is 9.91. The Bertz CT molecular complexity index is 942. The zero-order valence-corrected chi connectivity index (χ0v) is 14.9. The van der Waals surface area contributed by atoms with Crippen LogP contribution in [0.5, 0.6) is 0 Å². The number of carbonyl (C=O) groups excluding carboxylic acids is 1. The number of rotatable bonds is 4. The lowest BCUT2D eigenvalue weighted by Crippen LogP contribution is -2.30. The first-order chi connectivity index (χ1) is 11.5. The van der Waals surface area contributed by atoms with Crippen LogP contribution in [-0.2, 0) is 17.9 Å². The Kier molecular flexibility index (Phi) is 4.53. The number of aromatic amines is 1. The van der Waals surface area contributed by atoms with E-state index in [4.69, 9.17) is 0 Å². The van der Waals surface area contributed by atoms with Crippen LogP contribution < -0.4 is 5.56 Å². The largest absolute Gasteiger partial charge is 0.333 e. The third kappa shape index (κ3) is 3.26. The highest BCUT2D eigenvalue weighted by Crippen LogP contribution is 2.20. The molecule has 1 amide bonds. The van der Waals surface area contributed by atoms with Crippen LogP contribution in [-0.4, -0.2) is 15.8 Å². The molecule has 1 N–H and O–H groups in total. The number of hydrogen-bond donors (Lipinski definition) is 1. The van der Waals surface area contributed by atoms with Crippen LogP contribution >= 0.6 is 11.3 Å². The van der Waals surface area contributed by atoms with Crippen molar-refractivity contribution in [3.8, 4) is 0 Å². The molecule has 2 heterocycles. The topological polar surface area (TPSA) is 53.2 Å². The van der Waals surface area contributed by atoms with Crippen LogP contribution in [0.4, 0.5) is 0 Å². The van der Waals surface area contributed by atoms with Gasteiger partial charge in [-0.25, -0.2) is 0 Å². The molecule has 3 aromatic rings. The van der Waals surface area contributed by atoms with Crippen LogP contribution in [0, 0.1) is 13.8 Å². The van der Waals surface area contributed by atoms with Crippen LogP contribution in [0.2, 0.25) is 0 Å². The predicted octanol–water partition coefficient (Wildman–Crippen LogP) is 3.76. The average Bonchev–Trinajstić information content (AvgIpc) is 3.05. The second-order valence-corrected chi connectivity index (χ2v) is 7.08. The number of fused-ring (bicyclic) bond motifs is 1. The number of thiophene rings is 1. The summed E-state index contributed by atoms with van der Waals surface area (Å²) in [6.45, 7) is 6.41. The van der Waals surface area contributed by atoms with Crippen molar-refractivity contribution in [1.82, 2.24) is 9.88 Å². The minimum Gasteiger partial charge on any atom is -0.333 e. The maximum Gasteiger partial charge on any atom is 0.253 e. The van der Waals surface area contributed by atoms with Crippen molar-refractivity contribution >= 4 is 28.1 Å². The molecule has 3 rings (SSSR count). The quantitative estimate of drug-likeness (QED) is 0.786. The third-order valence-electron chi connectivity index (χ3n) is 4.36. The highest BCUT2D eigenvalue weighted by atomic mass is 32.1. The zero-order valence-electron chi connectivity index (χ0n) is 14.1. The van der Waals surface area contributed by atoms with Gasteiger partial charge in [-0.05, 0) is 47.9 Å². The predicted molar refractivity (Wildman–Crippen MR) is 98.3 cm³/mol. The first-order valence-corrected chi connectivity index (χ1v) is 8.73. The number of aromatic nitrogens is 1. The number of hydrogen-bond acceptors (Lipinski definition) is 3. The van der Waals surface area contributed by atoms with Crippen molar-refractivity contribution in [2.75, 3.05) is 0 Å². The molecular weight excluding hydrogens is 320 g/mol. The van der Waals surface area contributed by atoms with E-state index in [2.05, 4.69) is 4.98 Å². The molecular formula is C19H20N2O2S. The van der Waals surface area contributed by atoms with Crippen molar-refractivity contribution in [1.29, 1.82) is 0 Å². The Hall–Kier alpha value is -2.40. The molecule has 0 fully saturated rings. The monoisotopic (exact) mass is 340 g/mol. The molecule has 0 aliphatic heterocycles. The lowest BCUT2D eigenvalue weighted by atomic mass is 10.0. The number of H-pyrrole nitrogens is 1. The fourth-order valence-electron chi connectivity index (χ4n) is 2.76. The first kappa shape index (κ1) is 16.5. The van der Waals surface area contributed by atoms with Gasteiger partial charge in [0.2, 0.25) is 5.91 Å². The fraction of sp³-hybridized carbons (Fsp3) is 0.263. The molecule has 24 heavy (non-hydrogen) atoms. The van der Waals surface area contributed by atoms with Gasteiger partial charge in [-0.3, -0.25) is 9.59 Å². The summed E-state index contributed by atoms with van der Waals surface area (Å²) < 4.78 is 0. The number of nitrogens with zero attached hydrogens (tertiary/aromatic N) is 1. The maximum atomic E-state index is 12.5. The molecule has 0 bridgehead atoms. The smallest absolute Gasteiger partial charge is 0.253 e. The normalized spacial score (nSPS) is 11.0. The van der Waals surface area contributed by atoms with Gasteiger partial charge in [-0.2, -0.15) is 0 Å². The van der Waals surface area contributed by atoms with E-state index in [0.717, 1.165) is 26.9 Å². The van der Waals surface area contributed by atoms with Crippen LogP contribution in [0.3, 0.4) is 0 Å². The van der Waals surface area contributed by atoms with Crippen molar-refractivity contribution in [2.24, 2.45) is 0 Å². The van der Waals surface area contributed by atoms with E-state index in [1.54, 1.807) is 16.2 Å². The maximum absolute atomic E-state index is 12.5. The minimum absolute atomic E-state index is 0.0389. The molecule has 0 saturated heterocycles. The Balaban J connectivity index is 1.96. The van der Waals surface area contributed by atoms with E-state index >= 15 is 0 Å². The van der Waals surface area contributed by atoms with Gasteiger partial charge in [0.25, 0.3) is 5.56 Å². The molecule has 0 aliphatic carbocycles. The summed E-state index contributed by atoms with van der Waals surface area (Å²) in [6.07, 6.45) is 0. The summed E-state index contributed by atoms with van der Waals surface area (Å²) in [5, 5.41) is 2.98. The number of nitrogens with one attached hydrogen (secondary N) is 1. The van der Waals surface area contributed by atoms with Crippen LogP contribution in [0.15, 0.2) is 40.5 Å². The summed E-state index contributed by atoms with van der Waals surface area (Å²) in [7, 11) is 0. The van der Waals surface area contributed by atoms with E-state index in [-0.39, 0.29) is 11.5 Å². The zero-order chi connectivity index (χ0) is 17.3. The van der Waals surface area contributed by atoms with Gasteiger partial charge in [0, 0.05) is 17.4 Å². The van der Waals surface area contributed by atoms with Gasteiger partial charge in [0.1, 0.15) is 0 Å². The molecule has 1 aromatic carbocycles. The average molecular weight is 340 g/mol. The molecule has 4 nitrogen and oxygen atoms in total. The van der Waals surface area contributed by atoms with Crippen LogP contribution in [0.1, 0.15) is 28.5 Å². The summed E-state index contributed by atoms with van der Waals surface area (Å²) >= 11 is 1.61. The third-order valence-corrected chi connectivity index (χ3v) is 5.22. The summed E-state index contributed by atoms with van der Waals surface area (Å²) in [5.74, 6) is -0.0389. The van der Waals surface area contributed by atoms with Gasteiger partial charge < -0.3 is 9.88 Å². The number of aryl methyl sites for hydroxylation is 2. The molecule has 124 valence electrons. The lowest BCUT2D eigenvalue weighted by Gasteiger charge is -2.20. The molecule has 5 heteroatoms. The molecule has 0 atom stereocenters. The number of pyridine rings is 1. The molecule has 2 aromatic heterocycles.